The summed E-state index contributed by atoms with van der Waals surface area (Å²) < 4.78 is 37.0. The lowest BCUT2D eigenvalue weighted by atomic mass is 9.56. The third kappa shape index (κ3) is 2.55. The first-order valence-electron chi connectivity index (χ1n) is 6.32. The minimum Gasteiger partial charge on any atom is -0.480 e. The van der Waals surface area contributed by atoms with Gasteiger partial charge in [0.05, 0.1) is 0 Å². The zero-order valence-electron chi connectivity index (χ0n) is 10.3. The summed E-state index contributed by atoms with van der Waals surface area (Å²) in [5.41, 5.74) is -1.94. The Balaban J connectivity index is 2.18. The van der Waals surface area contributed by atoms with Gasteiger partial charge in [0.2, 0.25) is 0 Å². The van der Waals surface area contributed by atoms with E-state index in [1.807, 2.05) is 0 Å². The summed E-state index contributed by atoms with van der Waals surface area (Å²) in [4.78, 5) is 22.4. The standard InChI is InChI=1S/C12H16F3NO3/c13-12(14,15)8(17)16-11(9(18)19)6-2-5-10(7-11)3-1-4-10/h1-7H2,(H,16,17)(H,18,19). The molecule has 0 aliphatic heterocycles. The maximum atomic E-state index is 12.3. The lowest BCUT2D eigenvalue weighted by molar-refractivity contribution is -0.180. The molecule has 0 aromatic carbocycles. The third-order valence-corrected chi connectivity index (χ3v) is 4.42. The molecular weight excluding hydrogens is 263 g/mol. The van der Waals surface area contributed by atoms with Crippen LogP contribution in [0.3, 0.4) is 0 Å². The van der Waals surface area contributed by atoms with Gasteiger partial charge < -0.3 is 10.4 Å². The Morgan fingerprint density at radius 2 is 1.58 bits per heavy atom. The molecule has 0 heterocycles. The molecule has 1 unspecified atom stereocenters. The van der Waals surface area contributed by atoms with Crippen LogP contribution in [-0.4, -0.2) is 28.7 Å². The van der Waals surface area contributed by atoms with Crippen LogP contribution in [0.2, 0.25) is 0 Å². The summed E-state index contributed by atoms with van der Waals surface area (Å²) in [5.74, 6) is -3.53. The third-order valence-electron chi connectivity index (χ3n) is 4.42. The summed E-state index contributed by atoms with van der Waals surface area (Å²) in [6, 6.07) is 0. The lowest BCUT2D eigenvalue weighted by Gasteiger charge is -2.51. The summed E-state index contributed by atoms with van der Waals surface area (Å²) in [5, 5.41) is 11.0. The number of carbonyl (C=O) groups excluding carboxylic acids is 1. The Kier molecular flexibility index (Phi) is 3.26. The second-order valence-electron chi connectivity index (χ2n) is 5.72. The van der Waals surface area contributed by atoms with Crippen molar-refractivity contribution in [2.45, 2.75) is 56.7 Å². The normalized spacial score (nSPS) is 29.6. The van der Waals surface area contributed by atoms with E-state index in [4.69, 9.17) is 0 Å². The Morgan fingerprint density at radius 1 is 1.05 bits per heavy atom. The zero-order valence-corrected chi connectivity index (χ0v) is 10.3. The SMILES string of the molecule is O=C(NC1(C(=O)O)CCCC2(CCC2)C1)C(F)(F)F. The van der Waals surface area contributed by atoms with E-state index in [0.29, 0.717) is 6.42 Å². The van der Waals surface area contributed by atoms with Crippen LogP contribution < -0.4 is 5.32 Å². The molecule has 2 N–H and O–H groups in total. The molecule has 108 valence electrons. The molecule has 0 saturated heterocycles. The van der Waals surface area contributed by atoms with Crippen LogP contribution in [0.15, 0.2) is 0 Å². The maximum Gasteiger partial charge on any atom is 0.471 e. The number of nitrogens with one attached hydrogen (secondary N) is 1. The van der Waals surface area contributed by atoms with Crippen LogP contribution in [0.1, 0.15) is 44.9 Å². The highest BCUT2D eigenvalue weighted by molar-refractivity contribution is 5.89. The van der Waals surface area contributed by atoms with Gasteiger partial charge in [-0.2, -0.15) is 13.2 Å². The smallest absolute Gasteiger partial charge is 0.471 e. The number of amides is 1. The van der Waals surface area contributed by atoms with Gasteiger partial charge in [0.15, 0.2) is 0 Å². The number of alkyl halides is 3. The predicted octanol–water partition coefficient (Wildman–Crippen LogP) is 2.23. The van der Waals surface area contributed by atoms with E-state index >= 15 is 0 Å². The average Bonchev–Trinajstić information content (AvgIpc) is 2.25. The fraction of sp³-hybridized carbons (Fsp3) is 0.833. The van der Waals surface area contributed by atoms with E-state index in [1.165, 1.54) is 0 Å². The van der Waals surface area contributed by atoms with Gasteiger partial charge in [-0.15, -0.1) is 0 Å². The number of carbonyl (C=O) groups is 2. The summed E-state index contributed by atoms with van der Waals surface area (Å²) in [6.07, 6.45) is -0.860. The average molecular weight is 279 g/mol. The predicted molar refractivity (Wildman–Crippen MR) is 59.3 cm³/mol. The lowest BCUT2D eigenvalue weighted by Crippen LogP contribution is -2.62. The van der Waals surface area contributed by atoms with Crippen molar-refractivity contribution < 1.29 is 27.9 Å². The first-order valence-corrected chi connectivity index (χ1v) is 6.32. The molecule has 1 atom stereocenters. The van der Waals surface area contributed by atoms with Gasteiger partial charge in [-0.25, -0.2) is 4.79 Å². The number of hydrogen-bond donors (Lipinski definition) is 2. The minimum atomic E-state index is -5.05. The van der Waals surface area contributed by atoms with Crippen LogP contribution in [0.5, 0.6) is 0 Å². The van der Waals surface area contributed by atoms with Crippen molar-refractivity contribution in [1.29, 1.82) is 0 Å². The van der Waals surface area contributed by atoms with Crippen LogP contribution in [0.4, 0.5) is 13.2 Å². The molecule has 2 fully saturated rings. The van der Waals surface area contributed by atoms with E-state index in [0.717, 1.165) is 25.7 Å². The largest absolute Gasteiger partial charge is 0.480 e. The number of carboxylic acids is 1. The first-order chi connectivity index (χ1) is 8.69. The van der Waals surface area contributed by atoms with E-state index < -0.39 is 23.6 Å². The zero-order chi connectivity index (χ0) is 14.3. The number of aliphatic carboxylic acids is 1. The number of halogens is 3. The number of hydrogen-bond acceptors (Lipinski definition) is 2. The summed E-state index contributed by atoms with van der Waals surface area (Å²) >= 11 is 0. The maximum absolute atomic E-state index is 12.3. The van der Waals surface area contributed by atoms with E-state index in [1.54, 1.807) is 5.32 Å². The highest BCUT2D eigenvalue weighted by Crippen LogP contribution is 2.54. The molecule has 0 radical (unpaired) electrons. The van der Waals surface area contributed by atoms with Crippen LogP contribution in [0, 0.1) is 5.41 Å². The molecule has 2 rings (SSSR count). The number of carboxylic acid groups (broad SMARTS) is 1. The molecule has 0 aromatic rings. The molecule has 4 nitrogen and oxygen atoms in total. The van der Waals surface area contributed by atoms with Crippen molar-refractivity contribution in [1.82, 2.24) is 5.32 Å². The van der Waals surface area contributed by atoms with Crippen molar-refractivity contribution in [3.63, 3.8) is 0 Å². The molecular formula is C12H16F3NO3. The molecule has 19 heavy (non-hydrogen) atoms. The monoisotopic (exact) mass is 279 g/mol. The highest BCUT2D eigenvalue weighted by atomic mass is 19.4. The van der Waals surface area contributed by atoms with Gasteiger partial charge in [-0.1, -0.05) is 6.42 Å². The Hall–Kier alpha value is -1.27. The highest BCUT2D eigenvalue weighted by Gasteiger charge is 2.54. The van der Waals surface area contributed by atoms with Gasteiger partial charge in [-0.05, 0) is 43.9 Å². The quantitative estimate of drug-likeness (QED) is 0.814. The molecule has 0 aromatic heterocycles. The van der Waals surface area contributed by atoms with Gasteiger partial charge in [-0.3, -0.25) is 4.79 Å². The Morgan fingerprint density at radius 3 is 2.00 bits per heavy atom. The van der Waals surface area contributed by atoms with Crippen molar-refractivity contribution >= 4 is 11.9 Å². The summed E-state index contributed by atoms with van der Waals surface area (Å²) in [6.45, 7) is 0. The molecule has 1 amide bonds. The minimum absolute atomic E-state index is 0.0614. The van der Waals surface area contributed by atoms with Gasteiger partial charge >= 0.3 is 18.1 Å². The second-order valence-corrected chi connectivity index (χ2v) is 5.72. The second kappa shape index (κ2) is 4.38. The van der Waals surface area contributed by atoms with E-state index in [-0.39, 0.29) is 18.3 Å². The van der Waals surface area contributed by atoms with Crippen molar-refractivity contribution in [3.05, 3.63) is 0 Å². The van der Waals surface area contributed by atoms with E-state index in [2.05, 4.69) is 0 Å². The fourth-order valence-electron chi connectivity index (χ4n) is 3.32. The first kappa shape index (κ1) is 14.1. The van der Waals surface area contributed by atoms with Crippen molar-refractivity contribution in [2.75, 3.05) is 0 Å². The Labute approximate surface area is 108 Å². The summed E-state index contributed by atoms with van der Waals surface area (Å²) in [7, 11) is 0. The molecule has 2 saturated carbocycles. The molecule has 1 spiro atoms. The van der Waals surface area contributed by atoms with Crippen LogP contribution in [-0.2, 0) is 9.59 Å². The number of rotatable bonds is 2. The Bertz CT molecular complexity index is 404. The van der Waals surface area contributed by atoms with Crippen molar-refractivity contribution in [2.24, 2.45) is 5.41 Å². The van der Waals surface area contributed by atoms with Gasteiger partial charge in [0, 0.05) is 0 Å². The molecule has 2 aliphatic carbocycles. The van der Waals surface area contributed by atoms with Gasteiger partial charge in [0.25, 0.3) is 0 Å². The van der Waals surface area contributed by atoms with Crippen LogP contribution in [0.25, 0.3) is 0 Å². The fourth-order valence-corrected chi connectivity index (χ4v) is 3.32. The van der Waals surface area contributed by atoms with Gasteiger partial charge in [0.1, 0.15) is 5.54 Å². The molecule has 7 heteroatoms. The van der Waals surface area contributed by atoms with E-state index in [9.17, 15) is 27.9 Å². The van der Waals surface area contributed by atoms with Crippen molar-refractivity contribution in [3.8, 4) is 0 Å². The topological polar surface area (TPSA) is 66.4 Å². The van der Waals surface area contributed by atoms with Crippen LogP contribution >= 0.6 is 0 Å². The molecule has 2 aliphatic rings. The molecule has 0 bridgehead atoms.